The van der Waals surface area contributed by atoms with Crippen LogP contribution in [0.4, 0.5) is 5.69 Å². The second kappa shape index (κ2) is 9.81. The van der Waals surface area contributed by atoms with E-state index in [0.29, 0.717) is 16.8 Å². The van der Waals surface area contributed by atoms with Gasteiger partial charge in [0.05, 0.1) is 17.0 Å². The minimum atomic E-state index is -1.23. The van der Waals surface area contributed by atoms with Crippen LogP contribution < -0.4 is 10.6 Å². The summed E-state index contributed by atoms with van der Waals surface area (Å²) in [5, 5.41) is 32.8. The molecule has 0 bridgehead atoms. The van der Waals surface area contributed by atoms with E-state index in [9.17, 15) is 34.5 Å². The highest BCUT2D eigenvalue weighted by Crippen LogP contribution is 2.47. The molecule has 0 heterocycles. The number of benzene rings is 2. The molecule has 198 valence electrons. The molecule has 1 amide bonds. The normalized spacial score (nSPS) is 21.3. The van der Waals surface area contributed by atoms with Gasteiger partial charge in [-0.2, -0.15) is 0 Å². The summed E-state index contributed by atoms with van der Waals surface area (Å²) < 4.78 is 0. The summed E-state index contributed by atoms with van der Waals surface area (Å²) >= 11 is 0. The third-order valence-corrected chi connectivity index (χ3v) is 7.48. The molecule has 0 saturated carbocycles. The third-order valence-electron chi connectivity index (χ3n) is 7.48. The number of primary amides is 1. The number of ketones is 3. The SMILES string of the molecule is Cc1c(N(C)C)cc(C(=O)c2ccccc2)c(O)c1C(=O)C1=C(O)C2C(=O)C(C(N)=O)=C(O)CC2CC1C. The Morgan fingerprint density at radius 2 is 1.66 bits per heavy atom. The average Bonchev–Trinajstić information content (AvgIpc) is 2.83. The van der Waals surface area contributed by atoms with Crippen molar-refractivity contribution >= 4 is 28.9 Å². The number of anilines is 1. The van der Waals surface area contributed by atoms with Gasteiger partial charge in [-0.1, -0.05) is 37.3 Å². The Hall–Kier alpha value is -4.40. The largest absolute Gasteiger partial charge is 0.511 e. The van der Waals surface area contributed by atoms with Crippen molar-refractivity contribution in [2.75, 3.05) is 19.0 Å². The van der Waals surface area contributed by atoms with Crippen LogP contribution in [0.2, 0.25) is 0 Å². The molecule has 4 rings (SSSR count). The van der Waals surface area contributed by atoms with E-state index in [0.717, 1.165) is 0 Å². The van der Waals surface area contributed by atoms with E-state index in [1.807, 2.05) is 0 Å². The number of rotatable bonds is 6. The van der Waals surface area contributed by atoms with Crippen LogP contribution in [0.3, 0.4) is 0 Å². The molecular weight excluding hydrogens is 488 g/mol. The highest BCUT2D eigenvalue weighted by Gasteiger charge is 2.48. The Bertz CT molecular complexity index is 1440. The standard InChI is InChI=1S/C29H30N2O7/c1-13-10-16-11-19(32)23(29(30)38)28(37)22(16)27(36)20(13)26(35)21-14(2)18(31(3)4)12-17(25(21)34)24(33)15-8-6-5-7-9-15/h5-9,12-13,16,22,32,34,36H,10-11H2,1-4H3,(H2,30,38). The van der Waals surface area contributed by atoms with Crippen molar-refractivity contribution in [3.05, 3.63) is 81.3 Å². The topological polar surface area (TPSA) is 158 Å². The van der Waals surface area contributed by atoms with E-state index in [4.69, 9.17) is 5.73 Å². The van der Waals surface area contributed by atoms with Crippen LogP contribution in [0, 0.1) is 24.7 Å². The van der Waals surface area contributed by atoms with Gasteiger partial charge in [0, 0.05) is 37.3 Å². The first-order valence-corrected chi connectivity index (χ1v) is 12.2. The number of aliphatic hydroxyl groups excluding tert-OH is 2. The summed E-state index contributed by atoms with van der Waals surface area (Å²) in [5.74, 6) is -6.92. The number of allylic oxidation sites excluding steroid dienone is 3. The number of aromatic hydroxyl groups is 1. The number of phenolic OH excluding ortho intramolecular Hbond substituents is 1. The van der Waals surface area contributed by atoms with E-state index in [1.54, 1.807) is 63.2 Å². The molecule has 0 spiro atoms. The van der Waals surface area contributed by atoms with Gasteiger partial charge in [0.1, 0.15) is 22.8 Å². The molecule has 0 fully saturated rings. The monoisotopic (exact) mass is 518 g/mol. The molecule has 2 aliphatic rings. The molecule has 3 atom stereocenters. The molecule has 3 unspecified atom stereocenters. The molecule has 2 aromatic carbocycles. The fraction of sp³-hybridized carbons (Fsp3) is 0.310. The maximum Gasteiger partial charge on any atom is 0.255 e. The number of phenols is 1. The fourth-order valence-corrected chi connectivity index (χ4v) is 5.69. The number of carbonyl (C=O) groups excluding carboxylic acids is 4. The van der Waals surface area contributed by atoms with Crippen LogP contribution in [-0.4, -0.2) is 52.7 Å². The molecule has 0 aliphatic heterocycles. The zero-order chi connectivity index (χ0) is 28.0. The molecule has 9 heteroatoms. The molecule has 38 heavy (non-hydrogen) atoms. The van der Waals surface area contributed by atoms with E-state index in [-0.39, 0.29) is 29.5 Å². The third kappa shape index (κ3) is 4.23. The molecule has 5 N–H and O–H groups in total. The number of hydrogen-bond acceptors (Lipinski definition) is 8. The molecule has 2 aliphatic carbocycles. The fourth-order valence-electron chi connectivity index (χ4n) is 5.69. The lowest BCUT2D eigenvalue weighted by Crippen LogP contribution is -2.41. The average molecular weight is 519 g/mol. The minimum absolute atomic E-state index is 0.0410. The Balaban J connectivity index is 1.90. The van der Waals surface area contributed by atoms with Crippen LogP contribution in [-0.2, 0) is 9.59 Å². The Labute approximate surface area is 219 Å². The summed E-state index contributed by atoms with van der Waals surface area (Å²) in [7, 11) is 3.47. The van der Waals surface area contributed by atoms with E-state index >= 15 is 0 Å². The highest BCUT2D eigenvalue weighted by molar-refractivity contribution is 6.22. The van der Waals surface area contributed by atoms with Crippen molar-refractivity contribution in [2.45, 2.75) is 26.7 Å². The lowest BCUT2D eigenvalue weighted by Gasteiger charge is -2.37. The predicted molar refractivity (Wildman–Crippen MR) is 140 cm³/mol. The number of aliphatic hydroxyl groups is 2. The molecule has 0 saturated heterocycles. The van der Waals surface area contributed by atoms with E-state index in [2.05, 4.69) is 0 Å². The molecule has 0 aromatic heterocycles. The molecule has 2 aromatic rings. The van der Waals surface area contributed by atoms with Crippen molar-refractivity contribution in [1.82, 2.24) is 0 Å². The second-order valence-electron chi connectivity index (χ2n) is 10.1. The Morgan fingerprint density at radius 1 is 1.03 bits per heavy atom. The molecular formula is C29H30N2O7. The first-order chi connectivity index (χ1) is 17.9. The van der Waals surface area contributed by atoms with E-state index in [1.165, 1.54) is 6.07 Å². The van der Waals surface area contributed by atoms with Gasteiger partial charge in [-0.05, 0) is 36.8 Å². The number of nitrogens with zero attached hydrogens (tertiary/aromatic N) is 1. The number of Topliss-reactive ketones (excluding diaryl/α,β-unsaturated/α-hetero) is 2. The van der Waals surface area contributed by atoms with Crippen molar-refractivity contribution in [1.29, 1.82) is 0 Å². The number of carbonyl (C=O) groups is 4. The lowest BCUT2D eigenvalue weighted by atomic mass is 9.66. The number of amides is 1. The van der Waals surface area contributed by atoms with E-state index < -0.39 is 63.9 Å². The number of nitrogens with two attached hydrogens (primary N) is 1. The summed E-state index contributed by atoms with van der Waals surface area (Å²) in [6.45, 7) is 3.33. The van der Waals surface area contributed by atoms with Crippen molar-refractivity contribution in [2.24, 2.45) is 23.5 Å². The van der Waals surface area contributed by atoms with Crippen molar-refractivity contribution in [3.63, 3.8) is 0 Å². The van der Waals surface area contributed by atoms with Gasteiger partial charge in [0.2, 0.25) is 0 Å². The van der Waals surface area contributed by atoms with Crippen LogP contribution >= 0.6 is 0 Å². The zero-order valence-electron chi connectivity index (χ0n) is 21.6. The maximum atomic E-state index is 14.0. The Kier molecular flexibility index (Phi) is 6.88. The first kappa shape index (κ1) is 26.7. The van der Waals surface area contributed by atoms with Gasteiger partial charge in [-0.15, -0.1) is 0 Å². The van der Waals surface area contributed by atoms with Crippen molar-refractivity contribution < 1.29 is 34.5 Å². The van der Waals surface area contributed by atoms with Gasteiger partial charge >= 0.3 is 0 Å². The van der Waals surface area contributed by atoms with Crippen LogP contribution in [0.15, 0.2) is 59.1 Å². The number of fused-ring (bicyclic) bond motifs is 1. The van der Waals surface area contributed by atoms with Crippen molar-refractivity contribution in [3.8, 4) is 5.75 Å². The van der Waals surface area contributed by atoms with Gasteiger partial charge in [0.15, 0.2) is 17.3 Å². The van der Waals surface area contributed by atoms with Gasteiger partial charge < -0.3 is 26.0 Å². The lowest BCUT2D eigenvalue weighted by molar-refractivity contribution is -0.126. The Morgan fingerprint density at radius 3 is 2.24 bits per heavy atom. The van der Waals surface area contributed by atoms with Crippen LogP contribution in [0.5, 0.6) is 5.75 Å². The molecule has 0 radical (unpaired) electrons. The minimum Gasteiger partial charge on any atom is -0.511 e. The summed E-state index contributed by atoms with van der Waals surface area (Å²) in [6, 6.07) is 9.85. The summed E-state index contributed by atoms with van der Waals surface area (Å²) in [6.07, 6.45) is 0.224. The first-order valence-electron chi connectivity index (χ1n) is 12.2. The zero-order valence-corrected chi connectivity index (χ0v) is 21.6. The van der Waals surface area contributed by atoms with Gasteiger partial charge in [-0.25, -0.2) is 0 Å². The van der Waals surface area contributed by atoms with Crippen LogP contribution in [0.1, 0.15) is 51.6 Å². The summed E-state index contributed by atoms with van der Waals surface area (Å²) in [5.41, 5.74) is 5.63. The molecule has 9 nitrogen and oxygen atoms in total. The number of hydrogen-bond donors (Lipinski definition) is 4. The predicted octanol–water partition coefficient (Wildman–Crippen LogP) is 3.53. The maximum absolute atomic E-state index is 14.0. The van der Waals surface area contributed by atoms with Gasteiger partial charge in [0.25, 0.3) is 5.91 Å². The quantitative estimate of drug-likeness (QED) is 0.334. The summed E-state index contributed by atoms with van der Waals surface area (Å²) in [4.78, 5) is 54.0. The van der Waals surface area contributed by atoms with Crippen LogP contribution in [0.25, 0.3) is 0 Å². The highest BCUT2D eigenvalue weighted by atomic mass is 16.3. The smallest absolute Gasteiger partial charge is 0.255 e. The van der Waals surface area contributed by atoms with Gasteiger partial charge in [-0.3, -0.25) is 19.2 Å². The second-order valence-corrected chi connectivity index (χ2v) is 10.1.